The second-order valence-electron chi connectivity index (χ2n) is 5.59. The molecule has 1 aliphatic rings. The molecule has 1 aliphatic heterocycles. The summed E-state index contributed by atoms with van der Waals surface area (Å²) in [4.78, 5) is 1.69. The van der Waals surface area contributed by atoms with Crippen LogP contribution >= 0.6 is 0 Å². The van der Waals surface area contributed by atoms with Crippen molar-refractivity contribution >= 4 is 5.69 Å². The lowest BCUT2D eigenvalue weighted by atomic mass is 10.0. The van der Waals surface area contributed by atoms with Crippen molar-refractivity contribution in [2.45, 2.75) is 32.1 Å². The Kier molecular flexibility index (Phi) is 4.78. The monoisotopic (exact) mass is 302 g/mol. The summed E-state index contributed by atoms with van der Waals surface area (Å²) in [6.07, 6.45) is -3.61. The molecule has 2 atom stereocenters. The van der Waals surface area contributed by atoms with Gasteiger partial charge < -0.3 is 15.3 Å². The van der Waals surface area contributed by atoms with Crippen molar-refractivity contribution in [2.75, 3.05) is 25.1 Å². The first-order valence-corrected chi connectivity index (χ1v) is 7.10. The molecule has 0 bridgehead atoms. The standard InChI is InChI=1S/C15H21F3N2O/c1-10-5-6-20(14(10)9-21)13-4-3-11(8-19-2)7-12(13)15(16,17)18/h3-4,7,10,14,19,21H,5-6,8-9H2,1-2H3. The summed E-state index contributed by atoms with van der Waals surface area (Å²) in [5.74, 6) is 0.188. The van der Waals surface area contributed by atoms with E-state index in [0.717, 1.165) is 6.42 Å². The molecule has 6 heteroatoms. The van der Waals surface area contributed by atoms with Crippen LogP contribution in [0.4, 0.5) is 18.9 Å². The summed E-state index contributed by atoms with van der Waals surface area (Å²) in [5, 5.41) is 12.3. The average Bonchev–Trinajstić information content (AvgIpc) is 2.79. The van der Waals surface area contributed by atoms with Gasteiger partial charge in [-0.1, -0.05) is 13.0 Å². The van der Waals surface area contributed by atoms with Gasteiger partial charge in [-0.3, -0.25) is 0 Å². The Balaban J connectivity index is 2.43. The molecule has 2 rings (SSSR count). The average molecular weight is 302 g/mol. The molecule has 1 aromatic carbocycles. The fourth-order valence-corrected chi connectivity index (χ4v) is 2.96. The van der Waals surface area contributed by atoms with Crippen LogP contribution in [-0.2, 0) is 12.7 Å². The topological polar surface area (TPSA) is 35.5 Å². The van der Waals surface area contributed by atoms with Crippen LogP contribution in [0.3, 0.4) is 0 Å². The Labute approximate surface area is 122 Å². The van der Waals surface area contributed by atoms with E-state index in [-0.39, 0.29) is 24.3 Å². The van der Waals surface area contributed by atoms with Gasteiger partial charge in [0.2, 0.25) is 0 Å². The van der Waals surface area contributed by atoms with E-state index in [9.17, 15) is 18.3 Å². The summed E-state index contributed by atoms with van der Waals surface area (Å²) < 4.78 is 40.0. The second kappa shape index (κ2) is 6.23. The predicted octanol–water partition coefficient (Wildman–Crippen LogP) is 2.63. The molecule has 118 valence electrons. The molecule has 1 aromatic rings. The molecule has 3 nitrogen and oxygen atoms in total. The third kappa shape index (κ3) is 3.32. The van der Waals surface area contributed by atoms with Crippen LogP contribution in [0.5, 0.6) is 0 Å². The number of hydrogen-bond acceptors (Lipinski definition) is 3. The van der Waals surface area contributed by atoms with Gasteiger partial charge in [0.25, 0.3) is 0 Å². The van der Waals surface area contributed by atoms with E-state index < -0.39 is 11.7 Å². The number of hydrogen-bond donors (Lipinski definition) is 2. The number of benzene rings is 1. The molecule has 21 heavy (non-hydrogen) atoms. The zero-order chi connectivity index (χ0) is 15.6. The van der Waals surface area contributed by atoms with Gasteiger partial charge >= 0.3 is 6.18 Å². The molecular weight excluding hydrogens is 281 g/mol. The number of rotatable bonds is 4. The van der Waals surface area contributed by atoms with Gasteiger partial charge in [-0.05, 0) is 37.1 Å². The predicted molar refractivity (Wildman–Crippen MR) is 76.2 cm³/mol. The lowest BCUT2D eigenvalue weighted by molar-refractivity contribution is -0.137. The van der Waals surface area contributed by atoms with E-state index in [0.29, 0.717) is 18.7 Å². The van der Waals surface area contributed by atoms with Crippen LogP contribution in [-0.4, -0.2) is 31.3 Å². The largest absolute Gasteiger partial charge is 0.418 e. The van der Waals surface area contributed by atoms with Crippen LogP contribution < -0.4 is 10.2 Å². The van der Waals surface area contributed by atoms with Crippen molar-refractivity contribution in [2.24, 2.45) is 5.92 Å². The molecule has 1 heterocycles. The van der Waals surface area contributed by atoms with E-state index in [1.807, 2.05) is 6.92 Å². The van der Waals surface area contributed by atoms with Gasteiger partial charge in [-0.25, -0.2) is 0 Å². The molecule has 0 spiro atoms. The minimum absolute atomic E-state index is 0.128. The normalized spacial score (nSPS) is 22.9. The van der Waals surface area contributed by atoms with Gasteiger partial charge in [0.05, 0.1) is 18.2 Å². The molecule has 2 unspecified atom stereocenters. The van der Waals surface area contributed by atoms with Crippen LogP contribution in [0.15, 0.2) is 18.2 Å². The quantitative estimate of drug-likeness (QED) is 0.897. The smallest absolute Gasteiger partial charge is 0.394 e. The van der Waals surface area contributed by atoms with E-state index in [1.54, 1.807) is 18.0 Å². The van der Waals surface area contributed by atoms with Crippen molar-refractivity contribution in [3.63, 3.8) is 0 Å². The summed E-state index contributed by atoms with van der Waals surface area (Å²) in [5.41, 5.74) is 0.148. The highest BCUT2D eigenvalue weighted by Gasteiger charge is 2.39. The molecule has 1 fully saturated rings. The number of nitrogens with one attached hydrogen (secondary N) is 1. The summed E-state index contributed by atoms with van der Waals surface area (Å²) in [7, 11) is 1.70. The van der Waals surface area contributed by atoms with Gasteiger partial charge in [-0.2, -0.15) is 13.2 Å². The first kappa shape index (κ1) is 16.1. The van der Waals surface area contributed by atoms with E-state index in [4.69, 9.17) is 0 Å². The Morgan fingerprint density at radius 3 is 2.67 bits per heavy atom. The highest BCUT2D eigenvalue weighted by molar-refractivity contribution is 5.58. The maximum atomic E-state index is 13.3. The molecule has 2 N–H and O–H groups in total. The summed E-state index contributed by atoms with van der Waals surface area (Å²) >= 11 is 0. The lowest BCUT2D eigenvalue weighted by Crippen LogP contribution is -2.36. The van der Waals surface area contributed by atoms with Gasteiger partial charge in [-0.15, -0.1) is 0 Å². The molecule has 0 radical (unpaired) electrons. The summed E-state index contributed by atoms with van der Waals surface area (Å²) in [6.45, 7) is 2.77. The molecule has 0 amide bonds. The highest BCUT2D eigenvalue weighted by Crippen LogP contribution is 2.40. The van der Waals surface area contributed by atoms with Crippen molar-refractivity contribution in [3.05, 3.63) is 29.3 Å². The minimum Gasteiger partial charge on any atom is -0.394 e. The van der Waals surface area contributed by atoms with Crippen LogP contribution in [0.25, 0.3) is 0 Å². The lowest BCUT2D eigenvalue weighted by Gasteiger charge is -2.30. The highest BCUT2D eigenvalue weighted by atomic mass is 19.4. The van der Waals surface area contributed by atoms with E-state index >= 15 is 0 Å². The third-order valence-corrected chi connectivity index (χ3v) is 4.13. The number of anilines is 1. The molecule has 0 aromatic heterocycles. The number of aliphatic hydroxyl groups is 1. The zero-order valence-corrected chi connectivity index (χ0v) is 12.2. The van der Waals surface area contributed by atoms with Crippen molar-refractivity contribution in [1.82, 2.24) is 5.32 Å². The van der Waals surface area contributed by atoms with Crippen LogP contribution in [0, 0.1) is 5.92 Å². The van der Waals surface area contributed by atoms with Gasteiger partial charge in [0.1, 0.15) is 0 Å². The minimum atomic E-state index is -4.40. The number of nitrogens with zero attached hydrogens (tertiary/aromatic N) is 1. The van der Waals surface area contributed by atoms with Crippen LogP contribution in [0.1, 0.15) is 24.5 Å². The molecule has 0 aliphatic carbocycles. The maximum absolute atomic E-state index is 13.3. The zero-order valence-electron chi connectivity index (χ0n) is 12.2. The van der Waals surface area contributed by atoms with E-state index in [1.165, 1.54) is 12.1 Å². The van der Waals surface area contributed by atoms with Crippen LogP contribution in [0.2, 0.25) is 0 Å². The fraction of sp³-hybridized carbons (Fsp3) is 0.600. The van der Waals surface area contributed by atoms with Crippen molar-refractivity contribution < 1.29 is 18.3 Å². The second-order valence-corrected chi connectivity index (χ2v) is 5.59. The third-order valence-electron chi connectivity index (χ3n) is 4.13. The Bertz CT molecular complexity index is 490. The fourth-order valence-electron chi connectivity index (χ4n) is 2.96. The Hall–Kier alpha value is -1.27. The van der Waals surface area contributed by atoms with Crippen molar-refractivity contribution in [1.29, 1.82) is 0 Å². The number of aliphatic hydroxyl groups excluding tert-OH is 1. The SMILES string of the molecule is CNCc1ccc(N2CCC(C)C2CO)c(C(F)(F)F)c1. The van der Waals surface area contributed by atoms with Gasteiger partial charge in [0, 0.05) is 18.8 Å². The maximum Gasteiger partial charge on any atom is 0.418 e. The molecular formula is C15H21F3N2O. The van der Waals surface area contributed by atoms with E-state index in [2.05, 4.69) is 5.32 Å². The molecule has 1 saturated heterocycles. The Morgan fingerprint density at radius 1 is 1.38 bits per heavy atom. The summed E-state index contributed by atoms with van der Waals surface area (Å²) in [6, 6.07) is 4.18. The number of alkyl halides is 3. The Morgan fingerprint density at radius 2 is 2.10 bits per heavy atom. The molecule has 0 saturated carbocycles. The first-order chi connectivity index (χ1) is 9.88. The first-order valence-electron chi connectivity index (χ1n) is 7.10. The van der Waals surface area contributed by atoms with Gasteiger partial charge in [0.15, 0.2) is 0 Å². The van der Waals surface area contributed by atoms with Crippen molar-refractivity contribution in [3.8, 4) is 0 Å². The number of halogens is 3.